The largest absolute Gasteiger partial charge is 0.304 e. The van der Waals surface area contributed by atoms with Crippen molar-refractivity contribution in [1.29, 1.82) is 0 Å². The van der Waals surface area contributed by atoms with Crippen LogP contribution in [-0.4, -0.2) is 26.1 Å². The number of nitrogens with zero attached hydrogens (tertiary/aromatic N) is 3. The van der Waals surface area contributed by atoms with Gasteiger partial charge in [0.05, 0.1) is 11.9 Å². The fourth-order valence-corrected chi connectivity index (χ4v) is 1.93. The Morgan fingerprint density at radius 1 is 1.40 bits per heavy atom. The smallest absolute Gasteiger partial charge is 0.277 e. The summed E-state index contributed by atoms with van der Waals surface area (Å²) in [7, 11) is 0. The molecule has 0 aliphatic carbocycles. The zero-order chi connectivity index (χ0) is 14.5. The number of rotatable bonds is 5. The Kier molecular flexibility index (Phi) is 4.45. The van der Waals surface area contributed by atoms with E-state index in [4.69, 9.17) is 0 Å². The van der Waals surface area contributed by atoms with E-state index in [9.17, 15) is 4.79 Å². The van der Waals surface area contributed by atoms with E-state index in [1.54, 1.807) is 6.20 Å². The van der Waals surface area contributed by atoms with Crippen LogP contribution in [0.5, 0.6) is 0 Å². The van der Waals surface area contributed by atoms with Crippen LogP contribution < -0.4 is 5.32 Å². The maximum absolute atomic E-state index is 12.0. The topological polar surface area (TPSA) is 83.6 Å². The summed E-state index contributed by atoms with van der Waals surface area (Å²) in [6.45, 7) is 6.10. The first-order valence-electron chi connectivity index (χ1n) is 6.75. The number of anilines is 1. The number of carbonyl (C=O) groups excluding carboxylic acids is 1. The molecule has 0 aliphatic heterocycles. The van der Waals surface area contributed by atoms with Crippen molar-refractivity contribution >= 4 is 11.7 Å². The van der Waals surface area contributed by atoms with Gasteiger partial charge in [0.25, 0.3) is 5.91 Å². The second-order valence-electron chi connectivity index (χ2n) is 4.90. The first-order valence-corrected chi connectivity index (χ1v) is 6.75. The quantitative estimate of drug-likeness (QED) is 0.877. The molecule has 6 nitrogen and oxygen atoms in total. The van der Waals surface area contributed by atoms with Crippen molar-refractivity contribution < 1.29 is 4.79 Å². The van der Waals surface area contributed by atoms with Gasteiger partial charge in [0.2, 0.25) is 0 Å². The summed E-state index contributed by atoms with van der Waals surface area (Å²) < 4.78 is 0. The molecule has 0 saturated heterocycles. The number of hydrogen-bond donors (Lipinski definition) is 2. The van der Waals surface area contributed by atoms with Gasteiger partial charge in [-0.2, -0.15) is 5.10 Å². The highest BCUT2D eigenvalue weighted by Crippen LogP contribution is 2.20. The van der Waals surface area contributed by atoms with E-state index in [0.29, 0.717) is 11.7 Å². The lowest BCUT2D eigenvalue weighted by molar-refractivity contribution is 0.102. The van der Waals surface area contributed by atoms with Crippen molar-refractivity contribution in [2.24, 2.45) is 0 Å². The first-order chi connectivity index (χ1) is 9.60. The molecule has 2 aromatic heterocycles. The molecule has 106 valence electrons. The molecule has 0 spiro atoms. The third-order valence-corrected chi connectivity index (χ3v) is 3.11. The van der Waals surface area contributed by atoms with Gasteiger partial charge in [0.15, 0.2) is 5.82 Å². The van der Waals surface area contributed by atoms with E-state index < -0.39 is 0 Å². The fourth-order valence-electron chi connectivity index (χ4n) is 1.93. The van der Waals surface area contributed by atoms with Crippen molar-refractivity contribution in [2.75, 3.05) is 5.32 Å². The summed E-state index contributed by atoms with van der Waals surface area (Å²) in [4.78, 5) is 20.0. The maximum Gasteiger partial charge on any atom is 0.277 e. The molecule has 0 saturated carbocycles. The Bertz CT molecular complexity index is 576. The Balaban J connectivity index is 2.03. The van der Waals surface area contributed by atoms with E-state index in [2.05, 4.69) is 39.3 Å². The normalized spacial score (nSPS) is 12.2. The number of H-pyrrole nitrogens is 1. The van der Waals surface area contributed by atoms with Crippen LogP contribution in [0.3, 0.4) is 0 Å². The van der Waals surface area contributed by atoms with Gasteiger partial charge in [-0.1, -0.05) is 20.3 Å². The molecule has 1 atom stereocenters. The number of hydrogen-bond acceptors (Lipinski definition) is 4. The minimum Gasteiger partial charge on any atom is -0.304 e. The molecule has 0 aliphatic rings. The number of aromatic nitrogens is 4. The molecule has 0 radical (unpaired) electrons. The van der Waals surface area contributed by atoms with Crippen LogP contribution >= 0.6 is 0 Å². The molecular weight excluding hydrogens is 254 g/mol. The van der Waals surface area contributed by atoms with Gasteiger partial charge in [-0.15, -0.1) is 0 Å². The average molecular weight is 273 g/mol. The van der Waals surface area contributed by atoms with Crippen molar-refractivity contribution in [3.05, 3.63) is 35.5 Å². The second kappa shape index (κ2) is 6.27. The third kappa shape index (κ3) is 3.40. The van der Waals surface area contributed by atoms with Gasteiger partial charge in [-0.3, -0.25) is 14.9 Å². The van der Waals surface area contributed by atoms with Gasteiger partial charge < -0.3 is 5.32 Å². The standard InChI is InChI=1S/C14H19N5O/c1-4-5-9(2)11-6-13(19-18-11)17-14(20)12-8-15-10(3)7-16-12/h6-9H,4-5H2,1-3H3,(H2,17,18,19,20). The predicted octanol–water partition coefficient (Wildman–Crippen LogP) is 2.66. The Hall–Kier alpha value is -2.24. The lowest BCUT2D eigenvalue weighted by Gasteiger charge is -2.05. The number of amides is 1. The maximum atomic E-state index is 12.0. The summed E-state index contributed by atoms with van der Waals surface area (Å²) in [6, 6.07) is 1.86. The Morgan fingerprint density at radius 2 is 2.20 bits per heavy atom. The van der Waals surface area contributed by atoms with Crippen molar-refractivity contribution in [3.8, 4) is 0 Å². The zero-order valence-electron chi connectivity index (χ0n) is 12.0. The molecule has 2 rings (SSSR count). The SMILES string of the molecule is CCCC(C)c1cc(NC(=O)c2cnc(C)cn2)n[nH]1. The highest BCUT2D eigenvalue weighted by Gasteiger charge is 2.12. The molecule has 6 heteroatoms. The van der Waals surface area contributed by atoms with Crippen LogP contribution in [0.4, 0.5) is 5.82 Å². The van der Waals surface area contributed by atoms with Crippen molar-refractivity contribution in [2.45, 2.75) is 39.5 Å². The highest BCUT2D eigenvalue weighted by atomic mass is 16.2. The molecule has 0 aromatic carbocycles. The molecule has 2 heterocycles. The van der Waals surface area contributed by atoms with E-state index in [0.717, 1.165) is 24.2 Å². The Labute approximate surface area is 118 Å². The minimum atomic E-state index is -0.307. The van der Waals surface area contributed by atoms with Crippen LogP contribution in [0.15, 0.2) is 18.5 Å². The zero-order valence-corrected chi connectivity index (χ0v) is 12.0. The van der Waals surface area contributed by atoms with E-state index in [1.807, 2.05) is 13.0 Å². The van der Waals surface area contributed by atoms with Gasteiger partial charge in [0, 0.05) is 18.0 Å². The van der Waals surface area contributed by atoms with Gasteiger partial charge in [0.1, 0.15) is 5.69 Å². The van der Waals surface area contributed by atoms with Crippen molar-refractivity contribution in [3.63, 3.8) is 0 Å². The van der Waals surface area contributed by atoms with Crippen molar-refractivity contribution in [1.82, 2.24) is 20.2 Å². The number of aromatic amines is 1. The minimum absolute atomic E-state index is 0.279. The van der Waals surface area contributed by atoms with Crippen LogP contribution in [0.1, 0.15) is 54.5 Å². The number of nitrogens with one attached hydrogen (secondary N) is 2. The summed E-state index contributed by atoms with van der Waals surface area (Å²) in [5.74, 6) is 0.603. The Morgan fingerprint density at radius 3 is 2.85 bits per heavy atom. The van der Waals surface area contributed by atoms with E-state index in [1.165, 1.54) is 6.20 Å². The predicted molar refractivity (Wildman–Crippen MR) is 76.6 cm³/mol. The van der Waals surface area contributed by atoms with Gasteiger partial charge >= 0.3 is 0 Å². The van der Waals surface area contributed by atoms with Crippen LogP contribution in [-0.2, 0) is 0 Å². The highest BCUT2D eigenvalue weighted by molar-refractivity contribution is 6.02. The second-order valence-corrected chi connectivity index (χ2v) is 4.90. The average Bonchev–Trinajstić information content (AvgIpc) is 2.88. The summed E-state index contributed by atoms with van der Waals surface area (Å²) in [5.41, 5.74) is 2.08. The fraction of sp³-hybridized carbons (Fsp3) is 0.429. The molecule has 0 fully saturated rings. The monoisotopic (exact) mass is 273 g/mol. The molecular formula is C14H19N5O. The number of aryl methyl sites for hydroxylation is 1. The first kappa shape index (κ1) is 14.2. The molecule has 2 N–H and O–H groups in total. The molecule has 20 heavy (non-hydrogen) atoms. The summed E-state index contributed by atoms with van der Waals surface area (Å²) in [6.07, 6.45) is 5.21. The lowest BCUT2D eigenvalue weighted by atomic mass is 10.0. The summed E-state index contributed by atoms with van der Waals surface area (Å²) >= 11 is 0. The third-order valence-electron chi connectivity index (χ3n) is 3.11. The number of carbonyl (C=O) groups is 1. The van der Waals surface area contributed by atoms with E-state index >= 15 is 0 Å². The molecule has 0 bridgehead atoms. The van der Waals surface area contributed by atoms with Crippen LogP contribution in [0.25, 0.3) is 0 Å². The molecule has 2 aromatic rings. The molecule has 1 amide bonds. The van der Waals surface area contributed by atoms with Gasteiger partial charge in [-0.05, 0) is 19.3 Å². The van der Waals surface area contributed by atoms with Crippen LogP contribution in [0.2, 0.25) is 0 Å². The molecule has 1 unspecified atom stereocenters. The van der Waals surface area contributed by atoms with E-state index in [-0.39, 0.29) is 11.6 Å². The summed E-state index contributed by atoms with van der Waals surface area (Å²) in [5, 5.41) is 9.76. The lowest BCUT2D eigenvalue weighted by Crippen LogP contribution is -2.14. The van der Waals surface area contributed by atoms with Gasteiger partial charge in [-0.25, -0.2) is 4.98 Å². The van der Waals surface area contributed by atoms with Crippen LogP contribution in [0, 0.1) is 6.92 Å².